The Hall–Kier alpha value is -8.98. The molecular weight excluding hydrogens is 893 g/mol. The highest BCUT2D eigenvalue weighted by atomic mass is 15.1. The summed E-state index contributed by atoms with van der Waals surface area (Å²) in [4.78, 5) is 4.82. The van der Waals surface area contributed by atoms with Crippen molar-refractivity contribution >= 4 is 80.0 Å². The largest absolute Gasteiger partial charge is 0.310 e. The molecule has 2 aliphatic rings. The van der Waals surface area contributed by atoms with Crippen molar-refractivity contribution in [3.05, 3.63) is 287 Å². The summed E-state index contributed by atoms with van der Waals surface area (Å²) in [5, 5.41) is 4.91. The smallest absolute Gasteiger partial charge is 0.0540 e. The van der Waals surface area contributed by atoms with Gasteiger partial charge in [-0.25, -0.2) is 0 Å². The zero-order valence-electron chi connectivity index (χ0n) is 42.3. The van der Waals surface area contributed by atoms with E-state index in [4.69, 9.17) is 0 Å². The van der Waals surface area contributed by atoms with Crippen LogP contribution in [-0.2, 0) is 10.8 Å². The Bertz CT molecular complexity index is 3880. The number of benzene rings is 11. The summed E-state index contributed by atoms with van der Waals surface area (Å²) in [6.07, 6.45) is 8.97. The summed E-state index contributed by atoms with van der Waals surface area (Å²) < 4.78 is 0. The highest BCUT2D eigenvalue weighted by molar-refractivity contribution is 6.05. The van der Waals surface area contributed by atoms with Gasteiger partial charge < -0.3 is 9.80 Å². The van der Waals surface area contributed by atoms with E-state index in [0.29, 0.717) is 0 Å². The first-order valence-corrected chi connectivity index (χ1v) is 25.9. The number of hydrogen-bond donors (Lipinski definition) is 0. The van der Waals surface area contributed by atoms with Gasteiger partial charge in [-0.05, 0) is 138 Å². The van der Waals surface area contributed by atoms with Crippen LogP contribution in [0.3, 0.4) is 0 Å². The lowest BCUT2D eigenvalue weighted by molar-refractivity contribution is 0.660. The molecule has 0 aromatic heterocycles. The van der Waals surface area contributed by atoms with Crippen molar-refractivity contribution in [1.82, 2.24) is 0 Å². The molecule has 0 spiro atoms. The number of rotatable bonds is 10. The highest BCUT2D eigenvalue weighted by Gasteiger charge is 2.38. The van der Waals surface area contributed by atoms with E-state index in [9.17, 15) is 0 Å². The molecule has 0 saturated heterocycles. The average molecular weight is 949 g/mol. The van der Waals surface area contributed by atoms with Crippen molar-refractivity contribution in [2.24, 2.45) is 0 Å². The lowest BCUT2D eigenvalue weighted by Crippen LogP contribution is -2.17. The molecule has 354 valence electrons. The molecule has 0 aliphatic heterocycles. The van der Waals surface area contributed by atoms with Gasteiger partial charge in [0.15, 0.2) is 0 Å². The lowest BCUT2D eigenvalue weighted by atomic mass is 9.81. The van der Waals surface area contributed by atoms with E-state index >= 15 is 0 Å². The van der Waals surface area contributed by atoms with Gasteiger partial charge in [0, 0.05) is 44.4 Å². The molecule has 2 nitrogen and oxygen atoms in total. The Labute approximate surface area is 435 Å². The van der Waals surface area contributed by atoms with E-state index in [1.807, 2.05) is 0 Å². The fraction of sp³-hybridized carbons (Fsp3) is 0.0833. The molecule has 0 amide bonds. The number of hydrogen-bond acceptors (Lipinski definition) is 2. The lowest BCUT2D eigenvalue weighted by Gasteiger charge is -2.30. The molecule has 0 radical (unpaired) electrons. The predicted molar refractivity (Wildman–Crippen MR) is 317 cm³/mol. The quantitative estimate of drug-likeness (QED) is 0.126. The normalized spacial score (nSPS) is 13.8. The maximum atomic E-state index is 2.47. The van der Waals surface area contributed by atoms with Crippen molar-refractivity contribution in [2.75, 3.05) is 9.80 Å². The monoisotopic (exact) mass is 948 g/mol. The molecule has 2 aliphatic carbocycles. The van der Waals surface area contributed by atoms with E-state index in [0.717, 1.165) is 22.7 Å². The second kappa shape index (κ2) is 17.9. The third kappa shape index (κ3) is 7.74. The van der Waals surface area contributed by atoms with Crippen molar-refractivity contribution in [2.45, 2.75) is 38.5 Å². The second-order valence-electron chi connectivity index (χ2n) is 21.0. The molecule has 0 atom stereocenters. The molecular formula is C72H56N2. The van der Waals surface area contributed by atoms with Crippen LogP contribution < -0.4 is 9.80 Å². The topological polar surface area (TPSA) is 6.48 Å². The fourth-order valence-corrected chi connectivity index (χ4v) is 11.9. The third-order valence-corrected chi connectivity index (χ3v) is 15.8. The van der Waals surface area contributed by atoms with Crippen molar-refractivity contribution in [3.8, 4) is 22.3 Å². The molecule has 2 heteroatoms. The average Bonchev–Trinajstić information content (AvgIpc) is 3.83. The van der Waals surface area contributed by atoms with E-state index in [2.05, 4.69) is 304 Å². The Balaban J connectivity index is 0.736. The summed E-state index contributed by atoms with van der Waals surface area (Å²) >= 11 is 0. The molecule has 0 unspecified atom stereocenters. The molecule has 0 N–H and O–H groups in total. The minimum absolute atomic E-state index is 0.154. The van der Waals surface area contributed by atoms with Crippen molar-refractivity contribution in [3.63, 3.8) is 0 Å². The number of fused-ring (bicyclic) bond motifs is 8. The summed E-state index contributed by atoms with van der Waals surface area (Å²) in [6, 6.07) is 89.0. The van der Waals surface area contributed by atoms with E-state index in [1.165, 1.54) is 99.7 Å². The molecule has 0 heterocycles. The minimum Gasteiger partial charge on any atom is -0.310 e. The predicted octanol–water partition coefficient (Wildman–Crippen LogP) is 19.9. The van der Waals surface area contributed by atoms with Crippen LogP contribution in [0.2, 0.25) is 0 Å². The van der Waals surface area contributed by atoms with Crippen LogP contribution in [0, 0.1) is 0 Å². The van der Waals surface area contributed by atoms with Gasteiger partial charge in [0.25, 0.3) is 0 Å². The SMILES string of the molecule is CC1(C)c2cc(C=Cc3ccc(C=Cc4ccc5c(c4)C(C)(C)c4cc(N(c6cccc7ccccc67)c6cccc7ccccc67)ccc4-5)cc3)ccc2-c2ccc(N(c3ccccc3)c3ccccc3)cc21. The van der Waals surface area contributed by atoms with Crippen LogP contribution >= 0.6 is 0 Å². The van der Waals surface area contributed by atoms with Crippen molar-refractivity contribution < 1.29 is 0 Å². The van der Waals surface area contributed by atoms with Crippen LogP contribution in [0.1, 0.15) is 72.2 Å². The zero-order chi connectivity index (χ0) is 50.0. The van der Waals surface area contributed by atoms with Gasteiger partial charge in [-0.2, -0.15) is 0 Å². The zero-order valence-corrected chi connectivity index (χ0v) is 42.3. The summed E-state index contributed by atoms with van der Waals surface area (Å²) in [5.74, 6) is 0. The summed E-state index contributed by atoms with van der Waals surface area (Å²) in [7, 11) is 0. The van der Waals surface area contributed by atoms with Crippen LogP contribution in [-0.4, -0.2) is 0 Å². The number of para-hydroxylation sites is 2. The summed E-state index contributed by atoms with van der Waals surface area (Å²) in [6.45, 7) is 9.49. The Morgan fingerprint density at radius 1 is 0.270 bits per heavy atom. The van der Waals surface area contributed by atoms with Gasteiger partial charge in [-0.1, -0.05) is 234 Å². The molecule has 74 heavy (non-hydrogen) atoms. The van der Waals surface area contributed by atoms with Gasteiger partial charge >= 0.3 is 0 Å². The molecule has 0 fully saturated rings. The second-order valence-corrected chi connectivity index (χ2v) is 21.0. The molecule has 11 aromatic carbocycles. The van der Waals surface area contributed by atoms with Gasteiger partial charge in [-0.15, -0.1) is 0 Å². The first-order valence-electron chi connectivity index (χ1n) is 25.9. The molecule has 0 saturated carbocycles. The first kappa shape index (κ1) is 44.9. The van der Waals surface area contributed by atoms with Crippen LogP contribution in [0.25, 0.3) is 68.1 Å². The maximum absolute atomic E-state index is 2.47. The Morgan fingerprint density at radius 2 is 0.608 bits per heavy atom. The third-order valence-electron chi connectivity index (χ3n) is 15.8. The van der Waals surface area contributed by atoms with E-state index in [-0.39, 0.29) is 10.8 Å². The van der Waals surface area contributed by atoms with Gasteiger partial charge in [0.05, 0.1) is 11.4 Å². The fourth-order valence-electron chi connectivity index (χ4n) is 11.9. The van der Waals surface area contributed by atoms with Crippen LogP contribution in [0.5, 0.6) is 0 Å². The molecule has 0 bridgehead atoms. The van der Waals surface area contributed by atoms with Crippen LogP contribution in [0.4, 0.5) is 34.1 Å². The Kier molecular flexibility index (Phi) is 10.9. The van der Waals surface area contributed by atoms with Gasteiger partial charge in [0.1, 0.15) is 0 Å². The van der Waals surface area contributed by atoms with Crippen molar-refractivity contribution in [1.29, 1.82) is 0 Å². The minimum atomic E-state index is -0.198. The molecule has 11 aromatic rings. The number of anilines is 6. The van der Waals surface area contributed by atoms with E-state index < -0.39 is 0 Å². The highest BCUT2D eigenvalue weighted by Crippen LogP contribution is 2.53. The summed E-state index contributed by atoms with van der Waals surface area (Å²) in [5.41, 5.74) is 22.0. The number of nitrogens with zero attached hydrogens (tertiary/aromatic N) is 2. The maximum Gasteiger partial charge on any atom is 0.0540 e. The first-order chi connectivity index (χ1) is 36.2. The standard InChI is InChI=1S/C72H56N2/c1-71(2)65-45-51(37-41-61(65)63-43-39-57(47-67(63)71)73(55-21-7-5-8-22-55)56-23-9-6-10-24-56)35-33-49-29-31-50(32-30-49)34-36-52-38-42-62-64-44-40-58(48-68(64)72(3,4)66(62)46-52)74(69-27-15-19-53-17-11-13-25-59(53)69)70-28-16-20-54-18-12-14-26-60(54)70/h5-48H,1-4H3. The van der Waals surface area contributed by atoms with E-state index in [1.54, 1.807) is 0 Å². The van der Waals surface area contributed by atoms with Gasteiger partial charge in [-0.3, -0.25) is 0 Å². The van der Waals surface area contributed by atoms with Crippen LogP contribution in [0.15, 0.2) is 243 Å². The Morgan fingerprint density at radius 3 is 1.05 bits per heavy atom. The molecule has 13 rings (SSSR count). The van der Waals surface area contributed by atoms with Gasteiger partial charge in [0.2, 0.25) is 0 Å².